The number of aromatic nitrogens is 2. The minimum Gasteiger partial charge on any atom is -0.454 e. The standard InChI is InChI=1S/C18H19ClN2O3/c1-11-5-6-14(9-12(11)2)16(22)10-24-17(23)8-7-15-13(3)20-21(4)18(15)19/h5-9H,10H2,1-4H3/b8-7+. The van der Waals surface area contributed by atoms with Crippen LogP contribution in [-0.4, -0.2) is 28.1 Å². The quantitative estimate of drug-likeness (QED) is 0.472. The van der Waals surface area contributed by atoms with Crippen LogP contribution in [0.2, 0.25) is 5.15 Å². The Bertz CT molecular complexity index is 822. The molecule has 0 bridgehead atoms. The van der Waals surface area contributed by atoms with Crippen molar-refractivity contribution in [3.8, 4) is 0 Å². The van der Waals surface area contributed by atoms with Crippen molar-refractivity contribution in [2.45, 2.75) is 20.8 Å². The van der Waals surface area contributed by atoms with Crippen molar-refractivity contribution in [3.63, 3.8) is 0 Å². The summed E-state index contributed by atoms with van der Waals surface area (Å²) in [5.74, 6) is -0.845. The van der Waals surface area contributed by atoms with Gasteiger partial charge in [0, 0.05) is 24.3 Å². The van der Waals surface area contributed by atoms with Crippen molar-refractivity contribution in [2.24, 2.45) is 7.05 Å². The molecule has 1 aromatic carbocycles. The lowest BCUT2D eigenvalue weighted by Gasteiger charge is -2.05. The lowest BCUT2D eigenvalue weighted by Crippen LogP contribution is -2.12. The molecule has 0 amide bonds. The second-order valence-corrected chi connectivity index (χ2v) is 5.93. The predicted octanol–water partition coefficient (Wildman–Crippen LogP) is 3.44. The van der Waals surface area contributed by atoms with Gasteiger partial charge < -0.3 is 4.74 Å². The number of ketones is 1. The molecule has 0 spiro atoms. The van der Waals surface area contributed by atoms with Crippen LogP contribution in [0.3, 0.4) is 0 Å². The van der Waals surface area contributed by atoms with Gasteiger partial charge in [-0.3, -0.25) is 9.48 Å². The number of aryl methyl sites for hydroxylation is 4. The van der Waals surface area contributed by atoms with Crippen LogP contribution in [0, 0.1) is 20.8 Å². The number of hydrogen-bond donors (Lipinski definition) is 0. The van der Waals surface area contributed by atoms with E-state index < -0.39 is 5.97 Å². The Morgan fingerprint density at radius 3 is 2.54 bits per heavy atom. The van der Waals surface area contributed by atoms with Crippen LogP contribution in [0.15, 0.2) is 24.3 Å². The first-order valence-electron chi connectivity index (χ1n) is 7.44. The van der Waals surface area contributed by atoms with Gasteiger partial charge in [-0.1, -0.05) is 23.7 Å². The number of carbonyl (C=O) groups is 2. The van der Waals surface area contributed by atoms with E-state index >= 15 is 0 Å². The number of rotatable bonds is 5. The van der Waals surface area contributed by atoms with Gasteiger partial charge in [0.25, 0.3) is 0 Å². The number of ether oxygens (including phenoxy) is 1. The highest BCUT2D eigenvalue weighted by molar-refractivity contribution is 6.31. The minimum atomic E-state index is -0.605. The number of Topliss-reactive ketones (excluding diaryl/α,β-unsaturated/α-hetero) is 1. The summed E-state index contributed by atoms with van der Waals surface area (Å²) in [6, 6.07) is 5.39. The zero-order valence-corrected chi connectivity index (χ0v) is 14.8. The average molecular weight is 347 g/mol. The smallest absolute Gasteiger partial charge is 0.331 e. The third kappa shape index (κ3) is 4.11. The number of halogens is 1. The molecule has 0 fully saturated rings. The maximum atomic E-state index is 12.1. The molecule has 24 heavy (non-hydrogen) atoms. The normalized spacial score (nSPS) is 11.0. The van der Waals surface area contributed by atoms with Gasteiger partial charge in [-0.05, 0) is 44.0 Å². The highest BCUT2D eigenvalue weighted by Gasteiger charge is 2.11. The van der Waals surface area contributed by atoms with Crippen LogP contribution in [0.1, 0.15) is 32.7 Å². The van der Waals surface area contributed by atoms with Crippen molar-refractivity contribution >= 4 is 29.4 Å². The van der Waals surface area contributed by atoms with Crippen molar-refractivity contribution in [2.75, 3.05) is 6.61 Å². The van der Waals surface area contributed by atoms with Gasteiger partial charge in [-0.15, -0.1) is 0 Å². The molecule has 6 heteroatoms. The third-order valence-electron chi connectivity index (χ3n) is 3.76. The second kappa shape index (κ2) is 7.45. The number of benzene rings is 1. The molecule has 2 rings (SSSR count). The predicted molar refractivity (Wildman–Crippen MR) is 93.2 cm³/mol. The molecule has 2 aromatic rings. The number of carbonyl (C=O) groups excluding carboxylic acids is 2. The summed E-state index contributed by atoms with van der Waals surface area (Å²) in [6.07, 6.45) is 2.77. The average Bonchev–Trinajstić information content (AvgIpc) is 2.78. The maximum absolute atomic E-state index is 12.1. The summed E-state index contributed by atoms with van der Waals surface area (Å²) < 4.78 is 6.51. The van der Waals surface area contributed by atoms with Gasteiger partial charge in [-0.2, -0.15) is 5.10 Å². The topological polar surface area (TPSA) is 61.2 Å². The Morgan fingerprint density at radius 1 is 1.25 bits per heavy atom. The van der Waals surface area contributed by atoms with E-state index in [2.05, 4.69) is 5.10 Å². The molecule has 0 unspecified atom stereocenters. The van der Waals surface area contributed by atoms with Gasteiger partial charge in [0.05, 0.1) is 5.69 Å². The van der Waals surface area contributed by atoms with Crippen molar-refractivity contribution in [1.29, 1.82) is 0 Å². The highest BCUT2D eigenvalue weighted by atomic mass is 35.5. The van der Waals surface area contributed by atoms with Crippen molar-refractivity contribution < 1.29 is 14.3 Å². The van der Waals surface area contributed by atoms with Crippen molar-refractivity contribution in [3.05, 3.63) is 57.4 Å². The van der Waals surface area contributed by atoms with E-state index in [0.717, 1.165) is 11.1 Å². The zero-order chi connectivity index (χ0) is 17.9. The van der Waals surface area contributed by atoms with E-state index in [1.165, 1.54) is 16.8 Å². The summed E-state index contributed by atoms with van der Waals surface area (Å²) in [5.41, 5.74) is 4.01. The molecule has 0 atom stereocenters. The molecular formula is C18H19ClN2O3. The molecule has 0 N–H and O–H groups in total. The monoisotopic (exact) mass is 346 g/mol. The molecule has 0 saturated heterocycles. The van der Waals surface area contributed by atoms with Crippen LogP contribution >= 0.6 is 11.6 Å². The van der Waals surface area contributed by atoms with Gasteiger partial charge in [-0.25, -0.2) is 4.79 Å². The van der Waals surface area contributed by atoms with E-state index in [0.29, 0.717) is 22.0 Å². The molecule has 5 nitrogen and oxygen atoms in total. The molecule has 126 valence electrons. The molecule has 0 aliphatic heterocycles. The van der Waals surface area contributed by atoms with E-state index in [9.17, 15) is 9.59 Å². The molecule has 0 radical (unpaired) electrons. The van der Waals surface area contributed by atoms with Crippen LogP contribution in [0.5, 0.6) is 0 Å². The van der Waals surface area contributed by atoms with Crippen LogP contribution in [-0.2, 0) is 16.6 Å². The lowest BCUT2D eigenvalue weighted by molar-refractivity contribution is -0.136. The molecule has 0 aliphatic rings. The van der Waals surface area contributed by atoms with Crippen LogP contribution in [0.25, 0.3) is 6.08 Å². The van der Waals surface area contributed by atoms with Gasteiger partial charge >= 0.3 is 5.97 Å². The molecule has 0 saturated carbocycles. The summed E-state index contributed by atoms with van der Waals surface area (Å²) in [5, 5.41) is 4.58. The highest BCUT2D eigenvalue weighted by Crippen LogP contribution is 2.20. The first-order chi connectivity index (χ1) is 11.3. The molecule has 1 aromatic heterocycles. The SMILES string of the molecule is Cc1ccc(C(=O)COC(=O)/C=C/c2c(C)nn(C)c2Cl)cc1C. The summed E-state index contributed by atoms with van der Waals surface area (Å²) >= 11 is 6.08. The Hall–Kier alpha value is -2.40. The zero-order valence-electron chi connectivity index (χ0n) is 14.1. The summed E-state index contributed by atoms with van der Waals surface area (Å²) in [7, 11) is 1.72. The fourth-order valence-corrected chi connectivity index (χ4v) is 2.41. The lowest BCUT2D eigenvalue weighted by atomic mass is 10.0. The molecular weight excluding hydrogens is 328 g/mol. The largest absolute Gasteiger partial charge is 0.454 e. The first-order valence-corrected chi connectivity index (χ1v) is 7.81. The second-order valence-electron chi connectivity index (χ2n) is 5.58. The number of hydrogen-bond acceptors (Lipinski definition) is 4. The Morgan fingerprint density at radius 2 is 1.96 bits per heavy atom. The maximum Gasteiger partial charge on any atom is 0.331 e. The summed E-state index contributed by atoms with van der Waals surface area (Å²) in [6.45, 7) is 5.40. The van der Waals surface area contributed by atoms with E-state index in [4.69, 9.17) is 16.3 Å². The van der Waals surface area contributed by atoms with E-state index in [1.54, 1.807) is 26.1 Å². The third-order valence-corrected chi connectivity index (χ3v) is 4.20. The summed E-state index contributed by atoms with van der Waals surface area (Å²) in [4.78, 5) is 23.8. The Balaban J connectivity index is 1.96. The van der Waals surface area contributed by atoms with Crippen LogP contribution in [0.4, 0.5) is 0 Å². The fourth-order valence-electron chi connectivity index (χ4n) is 2.17. The van der Waals surface area contributed by atoms with E-state index in [-0.39, 0.29) is 12.4 Å². The van der Waals surface area contributed by atoms with Gasteiger partial charge in [0.2, 0.25) is 0 Å². The Kier molecular flexibility index (Phi) is 5.57. The first kappa shape index (κ1) is 17.9. The number of nitrogens with zero attached hydrogens (tertiary/aromatic N) is 2. The Labute approximate surface area is 145 Å². The molecule has 1 heterocycles. The van der Waals surface area contributed by atoms with Gasteiger partial charge in [0.1, 0.15) is 5.15 Å². The minimum absolute atomic E-state index is 0.240. The molecule has 0 aliphatic carbocycles. The van der Waals surface area contributed by atoms with Crippen molar-refractivity contribution in [1.82, 2.24) is 9.78 Å². The number of esters is 1. The fraction of sp³-hybridized carbons (Fsp3) is 0.278. The van der Waals surface area contributed by atoms with Gasteiger partial charge in [0.15, 0.2) is 12.4 Å². The van der Waals surface area contributed by atoms with Crippen LogP contribution < -0.4 is 0 Å². The van der Waals surface area contributed by atoms with E-state index in [1.807, 2.05) is 19.9 Å².